The summed E-state index contributed by atoms with van der Waals surface area (Å²) in [6, 6.07) is 7.40. The Balaban J connectivity index is 2.02. The van der Waals surface area contributed by atoms with E-state index in [4.69, 9.17) is 5.73 Å². The first-order valence-electron chi connectivity index (χ1n) is 4.99. The van der Waals surface area contributed by atoms with Gasteiger partial charge < -0.3 is 5.73 Å². The van der Waals surface area contributed by atoms with Gasteiger partial charge in [-0.3, -0.25) is 4.21 Å². The number of rotatable bonds is 3. The maximum atomic E-state index is 11.9. The highest BCUT2D eigenvalue weighted by Gasteiger charge is 2.20. The number of hydrogen-bond acceptors (Lipinski definition) is 2. The van der Waals surface area contributed by atoms with Crippen LogP contribution in [0.2, 0.25) is 0 Å². The molecule has 1 aromatic rings. The first kappa shape index (κ1) is 9.71. The summed E-state index contributed by atoms with van der Waals surface area (Å²) in [7, 11) is -0.852. The van der Waals surface area contributed by atoms with Gasteiger partial charge in [0.2, 0.25) is 0 Å². The molecule has 1 saturated carbocycles. The van der Waals surface area contributed by atoms with Gasteiger partial charge in [-0.05, 0) is 37.0 Å². The fraction of sp³-hybridized carbons (Fsp3) is 0.455. The van der Waals surface area contributed by atoms with Crippen molar-refractivity contribution in [3.05, 3.63) is 24.3 Å². The molecule has 1 atom stereocenters. The van der Waals surface area contributed by atoms with Crippen LogP contribution in [0.3, 0.4) is 0 Å². The van der Waals surface area contributed by atoms with E-state index in [1.807, 2.05) is 24.3 Å². The molecule has 14 heavy (non-hydrogen) atoms. The molecule has 0 spiro atoms. The minimum Gasteiger partial charge on any atom is -0.399 e. The van der Waals surface area contributed by atoms with E-state index in [0.29, 0.717) is 11.6 Å². The van der Waals surface area contributed by atoms with Crippen molar-refractivity contribution in [2.45, 2.75) is 24.2 Å². The van der Waals surface area contributed by atoms with Crippen LogP contribution in [0.5, 0.6) is 0 Å². The summed E-state index contributed by atoms with van der Waals surface area (Å²) in [6.07, 6.45) is 3.79. The Kier molecular flexibility index (Phi) is 2.87. The van der Waals surface area contributed by atoms with Gasteiger partial charge in [-0.2, -0.15) is 0 Å². The molecule has 1 aliphatic rings. The van der Waals surface area contributed by atoms with Crippen molar-refractivity contribution < 1.29 is 4.21 Å². The van der Waals surface area contributed by atoms with Gasteiger partial charge in [0, 0.05) is 16.3 Å². The predicted octanol–water partition coefficient (Wildman–Crippen LogP) is 2.18. The first-order valence-corrected chi connectivity index (χ1v) is 6.31. The van der Waals surface area contributed by atoms with Crippen LogP contribution in [-0.2, 0) is 10.8 Å². The van der Waals surface area contributed by atoms with Gasteiger partial charge in [0.25, 0.3) is 0 Å². The Morgan fingerprint density at radius 3 is 2.79 bits per heavy atom. The highest BCUT2D eigenvalue weighted by Crippen LogP contribution is 2.28. The van der Waals surface area contributed by atoms with E-state index in [2.05, 4.69) is 0 Å². The summed E-state index contributed by atoms with van der Waals surface area (Å²) < 4.78 is 11.9. The largest absolute Gasteiger partial charge is 0.399 e. The quantitative estimate of drug-likeness (QED) is 0.775. The summed E-state index contributed by atoms with van der Waals surface area (Å²) in [4.78, 5) is 0.872. The fourth-order valence-electron chi connectivity index (χ4n) is 1.63. The van der Waals surface area contributed by atoms with E-state index >= 15 is 0 Å². The second-order valence-corrected chi connectivity index (χ2v) is 5.38. The molecule has 1 unspecified atom stereocenters. The van der Waals surface area contributed by atoms with E-state index in [1.54, 1.807) is 0 Å². The minimum atomic E-state index is -0.852. The maximum absolute atomic E-state index is 11.9. The van der Waals surface area contributed by atoms with Gasteiger partial charge in [-0.25, -0.2) is 0 Å². The molecule has 0 aliphatic heterocycles. The van der Waals surface area contributed by atoms with Crippen molar-refractivity contribution in [3.8, 4) is 0 Å². The SMILES string of the molecule is Nc1cccc(S(=O)CC2CCC2)c1. The maximum Gasteiger partial charge on any atom is 0.0533 e. The third-order valence-corrected chi connectivity index (χ3v) is 4.29. The lowest BCUT2D eigenvalue weighted by Gasteiger charge is -2.24. The van der Waals surface area contributed by atoms with Crippen LogP contribution >= 0.6 is 0 Å². The first-order chi connectivity index (χ1) is 6.75. The van der Waals surface area contributed by atoms with Crippen LogP contribution in [-0.4, -0.2) is 9.96 Å². The number of benzene rings is 1. The number of nitrogens with two attached hydrogens (primary N) is 1. The van der Waals surface area contributed by atoms with Crippen LogP contribution < -0.4 is 5.73 Å². The molecular formula is C11H15NOS. The zero-order valence-electron chi connectivity index (χ0n) is 8.11. The molecule has 1 aliphatic carbocycles. The number of nitrogen functional groups attached to an aromatic ring is 1. The van der Waals surface area contributed by atoms with Crippen LogP contribution in [0.1, 0.15) is 19.3 Å². The molecule has 1 aromatic carbocycles. The molecular weight excluding hydrogens is 194 g/mol. The van der Waals surface area contributed by atoms with Gasteiger partial charge in [-0.1, -0.05) is 12.5 Å². The Morgan fingerprint density at radius 1 is 1.43 bits per heavy atom. The summed E-state index contributed by atoms with van der Waals surface area (Å²) in [5.74, 6) is 1.49. The van der Waals surface area contributed by atoms with Gasteiger partial charge in [-0.15, -0.1) is 0 Å². The Bertz CT molecular complexity index is 347. The molecule has 0 heterocycles. The Hall–Kier alpha value is -0.830. The molecule has 0 radical (unpaired) electrons. The van der Waals surface area contributed by atoms with E-state index in [-0.39, 0.29) is 0 Å². The Labute approximate surface area is 87.0 Å². The van der Waals surface area contributed by atoms with E-state index in [1.165, 1.54) is 19.3 Å². The van der Waals surface area contributed by atoms with Crippen LogP contribution in [0.25, 0.3) is 0 Å². The lowest BCUT2D eigenvalue weighted by molar-refractivity contribution is 0.350. The summed E-state index contributed by atoms with van der Waals surface area (Å²) in [6.45, 7) is 0. The molecule has 3 heteroatoms. The summed E-state index contributed by atoms with van der Waals surface area (Å²) in [5, 5.41) is 0. The molecule has 2 nitrogen and oxygen atoms in total. The number of hydrogen-bond donors (Lipinski definition) is 1. The fourth-order valence-corrected chi connectivity index (χ4v) is 3.08. The van der Waals surface area contributed by atoms with Crippen molar-refractivity contribution in [1.29, 1.82) is 0 Å². The second kappa shape index (κ2) is 4.13. The molecule has 2 N–H and O–H groups in total. The third-order valence-electron chi connectivity index (χ3n) is 2.73. The van der Waals surface area contributed by atoms with E-state index in [0.717, 1.165) is 10.6 Å². The van der Waals surface area contributed by atoms with Crippen LogP contribution in [0, 0.1) is 5.92 Å². The van der Waals surface area contributed by atoms with Crippen molar-refractivity contribution in [3.63, 3.8) is 0 Å². The topological polar surface area (TPSA) is 43.1 Å². The second-order valence-electron chi connectivity index (χ2n) is 3.88. The lowest BCUT2D eigenvalue weighted by atomic mass is 9.87. The molecule has 0 aromatic heterocycles. The van der Waals surface area contributed by atoms with Crippen molar-refractivity contribution in [2.75, 3.05) is 11.5 Å². The third kappa shape index (κ3) is 2.15. The van der Waals surface area contributed by atoms with Gasteiger partial charge >= 0.3 is 0 Å². The smallest absolute Gasteiger partial charge is 0.0533 e. The van der Waals surface area contributed by atoms with E-state index in [9.17, 15) is 4.21 Å². The Morgan fingerprint density at radius 2 is 2.21 bits per heavy atom. The number of anilines is 1. The zero-order chi connectivity index (χ0) is 9.97. The monoisotopic (exact) mass is 209 g/mol. The molecule has 0 saturated heterocycles. The van der Waals surface area contributed by atoms with Gasteiger partial charge in [0.1, 0.15) is 0 Å². The van der Waals surface area contributed by atoms with Crippen molar-refractivity contribution >= 4 is 16.5 Å². The molecule has 0 amide bonds. The summed E-state index contributed by atoms with van der Waals surface area (Å²) >= 11 is 0. The molecule has 2 rings (SSSR count). The highest BCUT2D eigenvalue weighted by molar-refractivity contribution is 7.85. The van der Waals surface area contributed by atoms with E-state index < -0.39 is 10.8 Å². The highest BCUT2D eigenvalue weighted by atomic mass is 32.2. The molecule has 0 bridgehead atoms. The van der Waals surface area contributed by atoms with Gasteiger partial charge in [0.15, 0.2) is 0 Å². The van der Waals surface area contributed by atoms with Gasteiger partial charge in [0.05, 0.1) is 10.8 Å². The average molecular weight is 209 g/mol. The standard InChI is InChI=1S/C11H15NOS/c12-10-5-2-6-11(7-10)14(13)8-9-3-1-4-9/h2,5-7,9H,1,3-4,8,12H2. The normalized spacial score (nSPS) is 18.9. The molecule has 76 valence electrons. The minimum absolute atomic E-state index is 0.678. The van der Waals surface area contributed by atoms with Crippen molar-refractivity contribution in [1.82, 2.24) is 0 Å². The predicted molar refractivity (Wildman–Crippen MR) is 59.5 cm³/mol. The average Bonchev–Trinajstić information content (AvgIpc) is 2.11. The zero-order valence-corrected chi connectivity index (χ0v) is 8.93. The van der Waals surface area contributed by atoms with Crippen LogP contribution in [0.4, 0.5) is 5.69 Å². The van der Waals surface area contributed by atoms with Crippen LogP contribution in [0.15, 0.2) is 29.2 Å². The van der Waals surface area contributed by atoms with Crippen molar-refractivity contribution in [2.24, 2.45) is 5.92 Å². The lowest BCUT2D eigenvalue weighted by Crippen LogP contribution is -2.18. The summed E-state index contributed by atoms with van der Waals surface area (Å²) in [5.41, 5.74) is 6.34. The molecule has 1 fully saturated rings.